The van der Waals surface area contributed by atoms with Crippen molar-refractivity contribution in [2.75, 3.05) is 46.8 Å². The maximum absolute atomic E-state index is 8.99. The van der Waals surface area contributed by atoms with Crippen molar-refractivity contribution in [1.82, 2.24) is 15.1 Å². The van der Waals surface area contributed by atoms with E-state index in [2.05, 4.69) is 42.2 Å². The zero-order valence-corrected chi connectivity index (χ0v) is 12.2. The molecule has 0 aromatic rings. The molecule has 1 aliphatic heterocycles. The number of nitrogens with one attached hydrogen (secondary N) is 1. The third-order valence-electron chi connectivity index (χ3n) is 3.67. The summed E-state index contributed by atoms with van der Waals surface area (Å²) < 4.78 is 0. The van der Waals surface area contributed by atoms with Crippen LogP contribution in [-0.2, 0) is 0 Å². The van der Waals surface area contributed by atoms with Crippen molar-refractivity contribution in [3.63, 3.8) is 0 Å². The van der Waals surface area contributed by atoms with E-state index < -0.39 is 0 Å². The zero-order chi connectivity index (χ0) is 13.4. The predicted octanol–water partition coefficient (Wildman–Crippen LogP) is 1.15. The Kier molecular flexibility index (Phi) is 7.26. The second-order valence-corrected chi connectivity index (χ2v) is 5.58. The van der Waals surface area contributed by atoms with E-state index in [-0.39, 0.29) is 6.04 Å². The van der Waals surface area contributed by atoms with Gasteiger partial charge in [-0.1, -0.05) is 6.92 Å². The lowest BCUT2D eigenvalue weighted by Crippen LogP contribution is -2.39. The Labute approximate surface area is 112 Å². The van der Waals surface area contributed by atoms with Gasteiger partial charge in [0.15, 0.2) is 0 Å². The molecule has 1 atom stereocenters. The fourth-order valence-corrected chi connectivity index (χ4v) is 2.68. The Morgan fingerprint density at radius 2 is 2.06 bits per heavy atom. The molecule has 1 unspecified atom stereocenters. The number of nitrogens with zero attached hydrogens (tertiary/aromatic N) is 3. The largest absolute Gasteiger partial charge is 0.309 e. The molecule has 0 radical (unpaired) electrons. The lowest BCUT2D eigenvalue weighted by molar-refractivity contribution is 0.159. The molecule has 4 nitrogen and oxygen atoms in total. The predicted molar refractivity (Wildman–Crippen MR) is 75.4 cm³/mol. The van der Waals surface area contributed by atoms with Crippen LogP contribution in [0.1, 0.15) is 26.2 Å². The van der Waals surface area contributed by atoms with Crippen LogP contribution in [-0.4, -0.2) is 62.7 Å². The highest BCUT2D eigenvalue weighted by molar-refractivity contribution is 4.90. The molecule has 1 saturated heterocycles. The summed E-state index contributed by atoms with van der Waals surface area (Å²) in [6.07, 6.45) is 3.55. The van der Waals surface area contributed by atoms with Gasteiger partial charge in [-0.25, -0.2) is 0 Å². The van der Waals surface area contributed by atoms with E-state index in [1.807, 2.05) is 0 Å². The van der Waals surface area contributed by atoms with Crippen LogP contribution in [0.3, 0.4) is 0 Å². The second-order valence-electron chi connectivity index (χ2n) is 5.58. The SMILES string of the molecule is CCNC(C#N)CCN1CCC(CN(C)C)CC1. The van der Waals surface area contributed by atoms with E-state index in [0.717, 1.165) is 25.4 Å². The highest BCUT2D eigenvalue weighted by Gasteiger charge is 2.20. The Morgan fingerprint density at radius 1 is 1.39 bits per heavy atom. The summed E-state index contributed by atoms with van der Waals surface area (Å²) in [5.74, 6) is 0.858. The van der Waals surface area contributed by atoms with E-state index >= 15 is 0 Å². The fraction of sp³-hybridized carbons (Fsp3) is 0.929. The monoisotopic (exact) mass is 252 g/mol. The van der Waals surface area contributed by atoms with Crippen LogP contribution in [0.4, 0.5) is 0 Å². The van der Waals surface area contributed by atoms with Crippen LogP contribution >= 0.6 is 0 Å². The van der Waals surface area contributed by atoms with Gasteiger partial charge in [-0.05, 0) is 58.9 Å². The van der Waals surface area contributed by atoms with Crippen molar-refractivity contribution in [2.45, 2.75) is 32.2 Å². The molecular weight excluding hydrogens is 224 g/mol. The Bertz CT molecular complexity index is 251. The summed E-state index contributed by atoms with van der Waals surface area (Å²) in [7, 11) is 4.31. The minimum atomic E-state index is 0.0227. The first-order valence-corrected chi connectivity index (χ1v) is 7.15. The van der Waals surface area contributed by atoms with Gasteiger partial charge < -0.3 is 15.1 Å². The average molecular weight is 252 g/mol. The first kappa shape index (κ1) is 15.4. The van der Waals surface area contributed by atoms with Gasteiger partial charge in [-0.3, -0.25) is 0 Å². The molecule has 0 aromatic carbocycles. The summed E-state index contributed by atoms with van der Waals surface area (Å²) in [4.78, 5) is 4.80. The Morgan fingerprint density at radius 3 is 2.56 bits per heavy atom. The van der Waals surface area contributed by atoms with Crippen LogP contribution in [0.25, 0.3) is 0 Å². The zero-order valence-electron chi connectivity index (χ0n) is 12.2. The molecule has 0 spiro atoms. The third kappa shape index (κ3) is 5.81. The fourth-order valence-electron chi connectivity index (χ4n) is 2.68. The van der Waals surface area contributed by atoms with E-state index in [4.69, 9.17) is 5.26 Å². The summed E-state index contributed by atoms with van der Waals surface area (Å²) >= 11 is 0. The highest BCUT2D eigenvalue weighted by atomic mass is 15.1. The molecule has 0 bridgehead atoms. The van der Waals surface area contributed by atoms with Crippen molar-refractivity contribution in [1.29, 1.82) is 5.26 Å². The topological polar surface area (TPSA) is 42.3 Å². The van der Waals surface area contributed by atoms with E-state index in [1.54, 1.807) is 0 Å². The molecule has 1 aliphatic rings. The maximum atomic E-state index is 8.99. The minimum absolute atomic E-state index is 0.0227. The van der Waals surface area contributed by atoms with Gasteiger partial charge in [0.25, 0.3) is 0 Å². The molecule has 0 saturated carbocycles. The number of likely N-dealkylation sites (tertiary alicyclic amines) is 1. The number of nitriles is 1. The molecule has 1 N–H and O–H groups in total. The van der Waals surface area contributed by atoms with Gasteiger partial charge >= 0.3 is 0 Å². The molecule has 1 fully saturated rings. The number of hydrogen-bond acceptors (Lipinski definition) is 4. The molecule has 0 aliphatic carbocycles. The Balaban J connectivity index is 2.17. The molecule has 18 heavy (non-hydrogen) atoms. The van der Waals surface area contributed by atoms with E-state index in [9.17, 15) is 0 Å². The van der Waals surface area contributed by atoms with Crippen molar-refractivity contribution >= 4 is 0 Å². The molecule has 1 heterocycles. The normalized spacial score (nSPS) is 19.9. The van der Waals surface area contributed by atoms with Gasteiger partial charge in [0.1, 0.15) is 0 Å². The lowest BCUT2D eigenvalue weighted by atomic mass is 9.96. The summed E-state index contributed by atoms with van der Waals surface area (Å²) in [5.41, 5.74) is 0. The van der Waals surface area contributed by atoms with E-state index in [1.165, 1.54) is 32.5 Å². The molecule has 104 valence electrons. The van der Waals surface area contributed by atoms with Crippen LogP contribution in [0.2, 0.25) is 0 Å². The van der Waals surface area contributed by atoms with Gasteiger partial charge in [0, 0.05) is 13.1 Å². The van der Waals surface area contributed by atoms with Gasteiger partial charge in [0.2, 0.25) is 0 Å². The van der Waals surface area contributed by atoms with Gasteiger partial charge in [0.05, 0.1) is 12.1 Å². The third-order valence-corrected chi connectivity index (χ3v) is 3.67. The Hall–Kier alpha value is -0.630. The molecule has 4 heteroatoms. The van der Waals surface area contributed by atoms with Crippen LogP contribution in [0, 0.1) is 17.2 Å². The molecule has 0 aromatic heterocycles. The lowest BCUT2D eigenvalue weighted by Gasteiger charge is -2.33. The standard InChI is InChI=1S/C14H28N4/c1-4-16-14(11-15)7-10-18-8-5-13(6-9-18)12-17(2)3/h13-14,16H,4-10,12H2,1-3H3. The van der Waals surface area contributed by atoms with Gasteiger partial charge in [-0.15, -0.1) is 0 Å². The van der Waals surface area contributed by atoms with Crippen LogP contribution in [0.5, 0.6) is 0 Å². The van der Waals surface area contributed by atoms with Crippen molar-refractivity contribution in [3.05, 3.63) is 0 Å². The maximum Gasteiger partial charge on any atom is 0.0965 e. The van der Waals surface area contributed by atoms with Crippen LogP contribution < -0.4 is 5.32 Å². The number of piperidine rings is 1. The quantitative estimate of drug-likeness (QED) is 0.738. The van der Waals surface area contributed by atoms with Crippen molar-refractivity contribution in [3.8, 4) is 6.07 Å². The smallest absolute Gasteiger partial charge is 0.0965 e. The minimum Gasteiger partial charge on any atom is -0.309 e. The highest BCUT2D eigenvalue weighted by Crippen LogP contribution is 2.17. The number of hydrogen-bond donors (Lipinski definition) is 1. The van der Waals surface area contributed by atoms with E-state index in [0.29, 0.717) is 0 Å². The molecule has 0 amide bonds. The first-order chi connectivity index (χ1) is 8.65. The second kappa shape index (κ2) is 8.47. The van der Waals surface area contributed by atoms with Crippen molar-refractivity contribution in [2.24, 2.45) is 5.92 Å². The molecule has 1 rings (SSSR count). The molecular formula is C14H28N4. The summed E-state index contributed by atoms with van der Waals surface area (Å²) in [6.45, 7) is 7.59. The first-order valence-electron chi connectivity index (χ1n) is 7.15. The van der Waals surface area contributed by atoms with Gasteiger partial charge in [-0.2, -0.15) is 5.26 Å². The average Bonchev–Trinajstić information content (AvgIpc) is 2.35. The summed E-state index contributed by atoms with van der Waals surface area (Å²) in [6, 6.07) is 2.36. The number of rotatable bonds is 7. The van der Waals surface area contributed by atoms with Crippen LogP contribution in [0.15, 0.2) is 0 Å². The summed E-state index contributed by atoms with van der Waals surface area (Å²) in [5, 5.41) is 12.2. The van der Waals surface area contributed by atoms with Crippen molar-refractivity contribution < 1.29 is 0 Å².